The highest BCUT2D eigenvalue weighted by Crippen LogP contribution is 2.11. The SMILES string of the molecule is CCOCCN(CC)CCCOc1ccc(C#N)cc1. The van der Waals surface area contributed by atoms with Crippen LogP contribution in [0.5, 0.6) is 5.75 Å². The molecule has 0 aliphatic heterocycles. The van der Waals surface area contributed by atoms with Crippen LogP contribution in [0.25, 0.3) is 0 Å². The van der Waals surface area contributed by atoms with Crippen LogP contribution in [0.1, 0.15) is 25.8 Å². The number of hydrogen-bond acceptors (Lipinski definition) is 4. The lowest BCUT2D eigenvalue weighted by Gasteiger charge is -2.20. The molecule has 4 heteroatoms. The fraction of sp³-hybridized carbons (Fsp3) is 0.562. The van der Waals surface area contributed by atoms with E-state index in [4.69, 9.17) is 14.7 Å². The summed E-state index contributed by atoms with van der Waals surface area (Å²) in [5, 5.41) is 8.71. The second-order valence-electron chi connectivity index (χ2n) is 4.47. The molecule has 20 heavy (non-hydrogen) atoms. The number of likely N-dealkylation sites (N-methyl/N-ethyl adjacent to an activating group) is 1. The first-order valence-corrected chi connectivity index (χ1v) is 7.23. The number of hydrogen-bond donors (Lipinski definition) is 0. The van der Waals surface area contributed by atoms with Gasteiger partial charge in [-0.1, -0.05) is 6.92 Å². The summed E-state index contributed by atoms with van der Waals surface area (Å²) in [7, 11) is 0. The maximum absolute atomic E-state index is 8.71. The fourth-order valence-electron chi connectivity index (χ4n) is 1.87. The Morgan fingerprint density at radius 1 is 1.10 bits per heavy atom. The van der Waals surface area contributed by atoms with E-state index in [1.165, 1.54) is 0 Å². The standard InChI is InChI=1S/C16H24N2O2/c1-3-18(11-13-19-4-2)10-5-12-20-16-8-6-15(14-17)7-9-16/h6-9H,3-5,10-13H2,1-2H3. The Morgan fingerprint density at radius 3 is 2.45 bits per heavy atom. The minimum Gasteiger partial charge on any atom is -0.494 e. The minimum absolute atomic E-state index is 0.658. The van der Waals surface area contributed by atoms with E-state index in [2.05, 4.69) is 17.9 Å². The van der Waals surface area contributed by atoms with Crippen LogP contribution in [0, 0.1) is 11.3 Å². The predicted octanol–water partition coefficient (Wildman–Crippen LogP) is 2.69. The summed E-state index contributed by atoms with van der Waals surface area (Å²) >= 11 is 0. The van der Waals surface area contributed by atoms with Gasteiger partial charge in [0.25, 0.3) is 0 Å². The van der Waals surface area contributed by atoms with Gasteiger partial charge in [0, 0.05) is 19.7 Å². The zero-order valence-electron chi connectivity index (χ0n) is 12.5. The highest BCUT2D eigenvalue weighted by molar-refractivity contribution is 5.34. The van der Waals surface area contributed by atoms with E-state index in [1.807, 2.05) is 19.1 Å². The van der Waals surface area contributed by atoms with Crippen molar-refractivity contribution in [2.24, 2.45) is 0 Å². The highest BCUT2D eigenvalue weighted by Gasteiger charge is 2.02. The molecule has 0 aromatic heterocycles. The first-order chi connectivity index (χ1) is 9.80. The van der Waals surface area contributed by atoms with Gasteiger partial charge < -0.3 is 14.4 Å². The summed E-state index contributed by atoms with van der Waals surface area (Å²) in [5.41, 5.74) is 0.658. The molecule has 0 radical (unpaired) electrons. The van der Waals surface area contributed by atoms with Crippen molar-refractivity contribution >= 4 is 0 Å². The first-order valence-electron chi connectivity index (χ1n) is 7.23. The number of nitriles is 1. The van der Waals surface area contributed by atoms with Crippen LogP contribution >= 0.6 is 0 Å². The summed E-state index contributed by atoms with van der Waals surface area (Å²) in [4.78, 5) is 2.36. The molecule has 4 nitrogen and oxygen atoms in total. The molecule has 1 aromatic rings. The van der Waals surface area contributed by atoms with Crippen molar-refractivity contribution in [1.29, 1.82) is 5.26 Å². The Labute approximate surface area is 121 Å². The van der Waals surface area contributed by atoms with Crippen molar-refractivity contribution in [3.63, 3.8) is 0 Å². The van der Waals surface area contributed by atoms with E-state index in [1.54, 1.807) is 12.1 Å². The number of nitrogens with zero attached hydrogens (tertiary/aromatic N) is 2. The van der Waals surface area contributed by atoms with Gasteiger partial charge in [0.1, 0.15) is 5.75 Å². The molecule has 0 aliphatic carbocycles. The second kappa shape index (κ2) is 10.2. The molecule has 110 valence electrons. The maximum atomic E-state index is 8.71. The summed E-state index contributed by atoms with van der Waals surface area (Å²) in [6.07, 6.45) is 0.986. The molecule has 0 N–H and O–H groups in total. The Balaban J connectivity index is 2.17. The maximum Gasteiger partial charge on any atom is 0.119 e. The largest absolute Gasteiger partial charge is 0.494 e. The lowest BCUT2D eigenvalue weighted by Crippen LogP contribution is -2.29. The van der Waals surface area contributed by atoms with Crippen LogP contribution in [0.3, 0.4) is 0 Å². The molecule has 0 heterocycles. The van der Waals surface area contributed by atoms with E-state index >= 15 is 0 Å². The molecule has 0 atom stereocenters. The van der Waals surface area contributed by atoms with Crippen molar-refractivity contribution in [3.8, 4) is 11.8 Å². The van der Waals surface area contributed by atoms with Gasteiger partial charge in [-0.15, -0.1) is 0 Å². The van der Waals surface area contributed by atoms with Gasteiger partial charge in [-0.05, 0) is 44.2 Å². The molecule has 1 rings (SSSR count). The summed E-state index contributed by atoms with van der Waals surface area (Å²) in [5.74, 6) is 0.821. The molecule has 0 saturated heterocycles. The summed E-state index contributed by atoms with van der Waals surface area (Å²) in [6, 6.07) is 9.32. The van der Waals surface area contributed by atoms with Crippen molar-refractivity contribution in [2.45, 2.75) is 20.3 Å². The lowest BCUT2D eigenvalue weighted by atomic mass is 10.2. The third-order valence-corrected chi connectivity index (χ3v) is 3.07. The Morgan fingerprint density at radius 2 is 1.85 bits per heavy atom. The molecular formula is C16H24N2O2. The zero-order chi connectivity index (χ0) is 14.6. The number of rotatable bonds is 10. The fourth-order valence-corrected chi connectivity index (χ4v) is 1.87. The van der Waals surface area contributed by atoms with E-state index in [0.29, 0.717) is 12.2 Å². The van der Waals surface area contributed by atoms with Gasteiger partial charge in [0.05, 0.1) is 24.8 Å². The molecule has 0 bridgehead atoms. The summed E-state index contributed by atoms with van der Waals surface area (Å²) < 4.78 is 11.0. The van der Waals surface area contributed by atoms with Crippen molar-refractivity contribution in [1.82, 2.24) is 4.90 Å². The van der Waals surface area contributed by atoms with Crippen LogP contribution in [-0.4, -0.2) is 44.4 Å². The van der Waals surface area contributed by atoms with Crippen molar-refractivity contribution in [3.05, 3.63) is 29.8 Å². The molecule has 0 fully saturated rings. The Kier molecular flexibility index (Phi) is 8.44. The highest BCUT2D eigenvalue weighted by atomic mass is 16.5. The molecule has 0 aliphatic rings. The normalized spacial score (nSPS) is 10.5. The van der Waals surface area contributed by atoms with Gasteiger partial charge in [0.2, 0.25) is 0 Å². The van der Waals surface area contributed by atoms with E-state index in [0.717, 1.165) is 45.0 Å². The molecule has 0 spiro atoms. The molecule has 1 aromatic carbocycles. The Bertz CT molecular complexity index is 398. The molecule has 0 unspecified atom stereocenters. The topological polar surface area (TPSA) is 45.5 Å². The molecule has 0 amide bonds. The van der Waals surface area contributed by atoms with E-state index in [-0.39, 0.29) is 0 Å². The number of benzene rings is 1. The van der Waals surface area contributed by atoms with Crippen LogP contribution < -0.4 is 4.74 Å². The third kappa shape index (κ3) is 6.55. The minimum atomic E-state index is 0.658. The summed E-state index contributed by atoms with van der Waals surface area (Å²) in [6.45, 7) is 9.46. The second-order valence-corrected chi connectivity index (χ2v) is 4.47. The van der Waals surface area contributed by atoms with Gasteiger partial charge in [-0.25, -0.2) is 0 Å². The van der Waals surface area contributed by atoms with Crippen LogP contribution in [0.4, 0.5) is 0 Å². The first kappa shape index (κ1) is 16.5. The van der Waals surface area contributed by atoms with E-state index in [9.17, 15) is 0 Å². The van der Waals surface area contributed by atoms with Gasteiger partial charge in [-0.2, -0.15) is 5.26 Å². The quantitative estimate of drug-likeness (QED) is 0.616. The van der Waals surface area contributed by atoms with Crippen LogP contribution in [0.2, 0.25) is 0 Å². The van der Waals surface area contributed by atoms with Crippen LogP contribution in [-0.2, 0) is 4.74 Å². The Hall–Kier alpha value is -1.57. The lowest BCUT2D eigenvalue weighted by molar-refractivity contribution is 0.112. The smallest absolute Gasteiger partial charge is 0.119 e. The molecular weight excluding hydrogens is 252 g/mol. The predicted molar refractivity (Wildman–Crippen MR) is 79.9 cm³/mol. The van der Waals surface area contributed by atoms with E-state index < -0.39 is 0 Å². The zero-order valence-corrected chi connectivity index (χ0v) is 12.5. The number of ether oxygens (including phenoxy) is 2. The van der Waals surface area contributed by atoms with Gasteiger partial charge >= 0.3 is 0 Å². The monoisotopic (exact) mass is 276 g/mol. The molecule has 0 saturated carbocycles. The third-order valence-electron chi connectivity index (χ3n) is 3.07. The van der Waals surface area contributed by atoms with Crippen molar-refractivity contribution < 1.29 is 9.47 Å². The average molecular weight is 276 g/mol. The van der Waals surface area contributed by atoms with Crippen LogP contribution in [0.15, 0.2) is 24.3 Å². The van der Waals surface area contributed by atoms with Gasteiger partial charge in [0.15, 0.2) is 0 Å². The average Bonchev–Trinajstić information content (AvgIpc) is 2.50. The van der Waals surface area contributed by atoms with Crippen molar-refractivity contribution in [2.75, 3.05) is 39.5 Å². The van der Waals surface area contributed by atoms with Gasteiger partial charge in [-0.3, -0.25) is 0 Å².